The van der Waals surface area contributed by atoms with Gasteiger partial charge < -0.3 is 8.98 Å². The van der Waals surface area contributed by atoms with Crippen LogP contribution in [0.5, 0.6) is 0 Å². The van der Waals surface area contributed by atoms with Crippen LogP contribution >= 0.6 is 0 Å². The van der Waals surface area contributed by atoms with Gasteiger partial charge in [-0.25, -0.2) is 4.98 Å². The Morgan fingerprint density at radius 2 is 1.42 bits per heavy atom. The number of nitrogens with zero attached hydrogens (tertiary/aromatic N) is 6. The number of aromatic nitrogens is 6. The van der Waals surface area contributed by atoms with Crippen molar-refractivity contribution >= 4 is 50.9 Å². The molecule has 0 aliphatic heterocycles. The summed E-state index contributed by atoms with van der Waals surface area (Å²) >= 11 is -2.03. The van der Waals surface area contributed by atoms with Crippen LogP contribution < -0.4 is 4.40 Å². The van der Waals surface area contributed by atoms with E-state index in [4.69, 9.17) is 10.8 Å². The van der Waals surface area contributed by atoms with Crippen molar-refractivity contribution in [3.05, 3.63) is 151 Å². The summed E-state index contributed by atoms with van der Waals surface area (Å²) in [6.07, 6.45) is 3.45. The molecule has 4 heterocycles. The fourth-order valence-corrected chi connectivity index (χ4v) is 11.1. The molecule has 0 aliphatic rings. The summed E-state index contributed by atoms with van der Waals surface area (Å²) in [6, 6.07) is 43.8. The number of para-hydroxylation sites is 1. The first-order chi connectivity index (χ1) is 28.7. The van der Waals surface area contributed by atoms with Crippen molar-refractivity contribution in [1.82, 2.24) is 29.7 Å². The van der Waals surface area contributed by atoms with Crippen LogP contribution in [0.1, 0.15) is 77.3 Å². The second-order valence-electron chi connectivity index (χ2n) is 16.9. The molecule has 305 valence electrons. The minimum Gasteiger partial charge on any atom is 0 e. The number of pyridine rings is 1. The number of hydrogen-bond acceptors (Lipinski definition) is 6. The van der Waals surface area contributed by atoms with Gasteiger partial charge in [0.1, 0.15) is 11.9 Å². The van der Waals surface area contributed by atoms with Crippen LogP contribution in [0.4, 0.5) is 0 Å². The van der Waals surface area contributed by atoms with Gasteiger partial charge in [0.2, 0.25) is 0 Å². The summed E-state index contributed by atoms with van der Waals surface area (Å²) < 4.78 is 18.3. The van der Waals surface area contributed by atoms with Crippen LogP contribution in [0.2, 0.25) is 17.3 Å². The number of furan rings is 1. The molecule has 0 aliphatic carbocycles. The Labute approximate surface area is 370 Å². The molecule has 0 saturated heterocycles. The normalized spacial score (nSPS) is 12.2. The van der Waals surface area contributed by atoms with Crippen molar-refractivity contribution in [2.45, 2.75) is 76.5 Å². The van der Waals surface area contributed by atoms with Gasteiger partial charge in [0.05, 0.1) is 11.4 Å². The van der Waals surface area contributed by atoms with Gasteiger partial charge in [-0.2, -0.15) is 0 Å². The summed E-state index contributed by atoms with van der Waals surface area (Å²) in [5.41, 5.74) is 12.3. The van der Waals surface area contributed by atoms with E-state index in [2.05, 4.69) is 136 Å². The minimum atomic E-state index is -2.03. The van der Waals surface area contributed by atoms with Gasteiger partial charge in [0.15, 0.2) is 11.3 Å². The van der Waals surface area contributed by atoms with E-state index in [0.29, 0.717) is 17.1 Å². The quantitative estimate of drug-likeness (QED) is 0.111. The Morgan fingerprint density at radius 1 is 0.717 bits per heavy atom. The molecule has 60 heavy (non-hydrogen) atoms. The first kappa shape index (κ1) is 41.5. The zero-order valence-corrected chi connectivity index (χ0v) is 40.1. The molecule has 0 fully saturated rings. The fourth-order valence-electron chi connectivity index (χ4n) is 7.76. The average molecular weight is 1030 g/mol. The predicted octanol–water partition coefficient (Wildman–Crippen LogP) is 12.7. The Morgan fingerprint density at radius 3 is 2.08 bits per heavy atom. The maximum Gasteiger partial charge on any atom is 0 e. The Hall–Kier alpha value is -5.28. The topological polar surface area (TPSA) is 82.5 Å². The Bertz CT molecular complexity index is 2940. The van der Waals surface area contributed by atoms with Crippen molar-refractivity contribution in [3.8, 4) is 39.5 Å². The third-order valence-corrected chi connectivity index (χ3v) is 15.0. The molecule has 0 unspecified atom stereocenters. The zero-order valence-electron chi connectivity index (χ0n) is 36.6. The zero-order chi connectivity index (χ0) is 42.3. The molecule has 0 N–H and O–H groups in total. The Balaban J connectivity index is 0.000000226. The van der Waals surface area contributed by atoms with Gasteiger partial charge in [-0.3, -0.25) is 4.98 Å². The van der Waals surface area contributed by atoms with Crippen molar-refractivity contribution in [3.63, 3.8) is 0 Å². The summed E-state index contributed by atoms with van der Waals surface area (Å²) in [4.78, 5) is 14.1. The fraction of sp³-hybridized carbons (Fsp3) is 0.235. The van der Waals surface area contributed by atoms with Gasteiger partial charge in [0.25, 0.3) is 0 Å². The summed E-state index contributed by atoms with van der Waals surface area (Å²) in [6.45, 7) is 12.8. The van der Waals surface area contributed by atoms with Gasteiger partial charge >= 0.3 is 120 Å². The summed E-state index contributed by atoms with van der Waals surface area (Å²) in [5.74, 6) is 7.60. The number of benzene rings is 5. The molecule has 9 heteroatoms. The number of fused-ring (bicyclic) bond motifs is 4. The van der Waals surface area contributed by atoms with Crippen LogP contribution in [0, 0.1) is 12.1 Å². The number of rotatable bonds is 8. The van der Waals surface area contributed by atoms with E-state index in [9.17, 15) is 0 Å². The van der Waals surface area contributed by atoms with Crippen LogP contribution in [0.3, 0.4) is 0 Å². The molecule has 0 saturated carbocycles. The monoisotopic (exact) mass is 1030 g/mol. The molecule has 9 aromatic rings. The second-order valence-corrected chi connectivity index (χ2v) is 27.5. The molecule has 7 nitrogen and oxygen atoms in total. The number of hydrogen-bond donors (Lipinski definition) is 0. The maximum absolute atomic E-state index is 8.44. The number of imidazole rings is 1. The average Bonchev–Trinajstić information content (AvgIpc) is 3.82. The predicted molar refractivity (Wildman–Crippen MR) is 245 cm³/mol. The Kier molecular flexibility index (Phi) is 12.3. The van der Waals surface area contributed by atoms with Crippen molar-refractivity contribution in [2.24, 2.45) is 0 Å². The van der Waals surface area contributed by atoms with Gasteiger partial charge in [0, 0.05) is 31.2 Å². The van der Waals surface area contributed by atoms with E-state index >= 15 is 0 Å². The molecule has 1 radical (unpaired) electrons. The molecule has 0 bridgehead atoms. The summed E-state index contributed by atoms with van der Waals surface area (Å²) in [7, 11) is 0. The van der Waals surface area contributed by atoms with E-state index in [-0.39, 0.29) is 31.9 Å². The largest absolute Gasteiger partial charge is 0 e. The molecular formula is C51H50GeIrN6O-2. The van der Waals surface area contributed by atoms with Crippen LogP contribution in [0.15, 0.2) is 126 Å². The summed E-state index contributed by atoms with van der Waals surface area (Å²) in [5, 5.41) is 10.8. The second kappa shape index (κ2) is 17.7. The maximum atomic E-state index is 8.44. The molecule has 0 atom stereocenters. The van der Waals surface area contributed by atoms with Gasteiger partial charge in [-0.15, -0.1) is 28.4 Å². The van der Waals surface area contributed by atoms with E-state index in [1.807, 2.05) is 74.6 Å². The van der Waals surface area contributed by atoms with E-state index in [0.717, 1.165) is 50.0 Å². The third-order valence-electron chi connectivity index (χ3n) is 10.8. The molecule has 0 amide bonds. The minimum absolute atomic E-state index is 0. The third kappa shape index (κ3) is 8.38. The molecular weight excluding hydrogens is 977 g/mol. The van der Waals surface area contributed by atoms with Gasteiger partial charge in [-0.05, 0) is 52.3 Å². The van der Waals surface area contributed by atoms with E-state index < -0.39 is 19.2 Å². The molecule has 5 aromatic carbocycles. The smallest absolute Gasteiger partial charge is 0 e. The van der Waals surface area contributed by atoms with Crippen LogP contribution in [-0.4, -0.2) is 43.0 Å². The van der Waals surface area contributed by atoms with E-state index in [1.165, 1.54) is 33.0 Å². The first-order valence-corrected chi connectivity index (χ1v) is 27.6. The van der Waals surface area contributed by atoms with Crippen LogP contribution in [0.25, 0.3) is 72.7 Å². The molecule has 9 rings (SSSR count). The van der Waals surface area contributed by atoms with Crippen molar-refractivity contribution < 1.29 is 25.9 Å². The van der Waals surface area contributed by atoms with Crippen molar-refractivity contribution in [1.29, 1.82) is 0 Å². The van der Waals surface area contributed by atoms with Crippen LogP contribution in [-0.2, 0) is 20.1 Å². The standard InChI is InChI=1S/C34H28N5O.C17H22GeN.Ir/c1-20(2)27-17-23(22-11-6-5-7-12-22)18-28(21(3)4)30(27)39-33(37-32-34(39)38-36-19-35-32)26-15-10-14-25-24-13-8-9-16-29(24)40-31(25)26;1-13(2)15-11-17(14-9-7-6-8-10-14)19-12-16(15)18(3,4)5;/h5-14,16-21H,1-4H3;6-9,11-13H,1-5H3;/q2*-1;/i;13D;. The van der Waals surface area contributed by atoms with E-state index in [1.54, 1.807) is 0 Å². The van der Waals surface area contributed by atoms with Crippen molar-refractivity contribution in [2.75, 3.05) is 0 Å². The SMILES string of the molecule is CC(C)c1cc(-c2ccccc2)cc(C(C)C)c1-n1c(-c2[c-]ccc3c2oc2ccccc23)nc2ncnnc21.[2H]C(C)(C)c1cc(-c2[c-]cccc2)nc[c]1[Ge]([CH3])([CH3])[CH3].[Ir]. The molecule has 0 spiro atoms. The molecule has 4 aromatic heterocycles. The first-order valence-electron chi connectivity index (χ1n) is 20.8. The van der Waals surface area contributed by atoms with Gasteiger partial charge in [-0.1, -0.05) is 87.2 Å².